The van der Waals surface area contributed by atoms with E-state index in [-0.39, 0.29) is 35.9 Å². The Labute approximate surface area is 168 Å². The van der Waals surface area contributed by atoms with Gasteiger partial charge in [-0.3, -0.25) is 14.7 Å². The molecule has 1 fully saturated rings. The smallest absolute Gasteiger partial charge is 0.325 e. The Morgan fingerprint density at radius 2 is 2.12 bits per heavy atom. The number of aliphatic imine (C=N–C) groups is 1. The number of urea groups is 1. The minimum absolute atomic E-state index is 0. The van der Waals surface area contributed by atoms with Crippen molar-refractivity contribution < 1.29 is 9.59 Å². The van der Waals surface area contributed by atoms with E-state index in [2.05, 4.69) is 27.1 Å². The van der Waals surface area contributed by atoms with E-state index in [1.54, 1.807) is 14.0 Å². The minimum Gasteiger partial charge on any atom is -0.356 e. The Balaban J connectivity index is 0.00000576. The molecule has 1 aliphatic heterocycles. The summed E-state index contributed by atoms with van der Waals surface area (Å²) in [6.45, 7) is 9.34. The molecule has 1 unspecified atom stereocenters. The van der Waals surface area contributed by atoms with Crippen molar-refractivity contribution in [1.29, 1.82) is 0 Å². The van der Waals surface area contributed by atoms with Crippen LogP contribution >= 0.6 is 24.0 Å². The lowest BCUT2D eigenvalue weighted by Crippen LogP contribution is -2.43. The molecular formula is C17H32IN5O2. The molecule has 0 spiro atoms. The van der Waals surface area contributed by atoms with Crippen molar-refractivity contribution in [3.63, 3.8) is 0 Å². The van der Waals surface area contributed by atoms with Gasteiger partial charge in [-0.15, -0.1) is 30.6 Å². The third-order valence-corrected chi connectivity index (χ3v) is 4.37. The Morgan fingerprint density at radius 1 is 1.44 bits per heavy atom. The number of guanidine groups is 1. The van der Waals surface area contributed by atoms with Gasteiger partial charge in [0.2, 0.25) is 0 Å². The normalized spacial score (nSPS) is 20.2. The number of carbonyl (C=O) groups is 2. The second kappa shape index (κ2) is 11.3. The molecule has 8 heteroatoms. The summed E-state index contributed by atoms with van der Waals surface area (Å²) in [7, 11) is 3.74. The average molecular weight is 465 g/mol. The van der Waals surface area contributed by atoms with Crippen LogP contribution in [0.1, 0.15) is 39.5 Å². The number of nitrogens with zero attached hydrogens (tertiary/aromatic N) is 3. The molecule has 7 nitrogen and oxygen atoms in total. The zero-order chi connectivity index (χ0) is 18.2. The van der Waals surface area contributed by atoms with Crippen LogP contribution in [0.3, 0.4) is 0 Å². The number of rotatable bonds is 9. The van der Waals surface area contributed by atoms with Crippen LogP contribution in [0.25, 0.3) is 0 Å². The first kappa shape index (κ1) is 23.7. The lowest BCUT2D eigenvalue weighted by molar-refractivity contribution is -0.130. The average Bonchev–Trinajstić information content (AvgIpc) is 2.78. The molecule has 25 heavy (non-hydrogen) atoms. The van der Waals surface area contributed by atoms with Gasteiger partial charge in [-0.2, -0.15) is 0 Å². The Hall–Kier alpha value is -1.32. The fourth-order valence-corrected chi connectivity index (χ4v) is 2.59. The highest BCUT2D eigenvalue weighted by molar-refractivity contribution is 14.0. The van der Waals surface area contributed by atoms with Gasteiger partial charge in [0.15, 0.2) is 5.96 Å². The van der Waals surface area contributed by atoms with E-state index < -0.39 is 5.54 Å². The highest BCUT2D eigenvalue weighted by atomic mass is 127. The van der Waals surface area contributed by atoms with E-state index in [4.69, 9.17) is 0 Å². The molecule has 0 bridgehead atoms. The van der Waals surface area contributed by atoms with E-state index in [1.807, 2.05) is 20.0 Å². The van der Waals surface area contributed by atoms with Crippen LogP contribution in [0.5, 0.6) is 0 Å². The van der Waals surface area contributed by atoms with Crippen molar-refractivity contribution in [2.24, 2.45) is 4.99 Å². The van der Waals surface area contributed by atoms with Gasteiger partial charge in [0.1, 0.15) is 5.54 Å². The van der Waals surface area contributed by atoms with Gasteiger partial charge < -0.3 is 15.5 Å². The number of carbonyl (C=O) groups excluding carboxylic acids is 2. The van der Waals surface area contributed by atoms with Gasteiger partial charge >= 0.3 is 6.03 Å². The fraction of sp³-hybridized carbons (Fsp3) is 0.706. The molecule has 1 aliphatic rings. The molecule has 0 radical (unpaired) electrons. The topological polar surface area (TPSA) is 77.0 Å². The number of nitrogens with one attached hydrogen (secondary N) is 2. The van der Waals surface area contributed by atoms with Gasteiger partial charge in [-0.1, -0.05) is 13.0 Å². The summed E-state index contributed by atoms with van der Waals surface area (Å²) in [6, 6.07) is -0.296. The zero-order valence-electron chi connectivity index (χ0n) is 15.8. The number of amides is 3. The summed E-state index contributed by atoms with van der Waals surface area (Å²) in [5.41, 5.74) is -0.758. The highest BCUT2D eigenvalue weighted by Crippen LogP contribution is 2.20. The Kier molecular flexibility index (Phi) is 10.7. The van der Waals surface area contributed by atoms with Crippen molar-refractivity contribution in [1.82, 2.24) is 20.4 Å². The predicted octanol–water partition coefficient (Wildman–Crippen LogP) is 2.19. The van der Waals surface area contributed by atoms with Crippen molar-refractivity contribution in [2.75, 3.05) is 33.7 Å². The molecule has 0 saturated carbocycles. The quantitative estimate of drug-likeness (QED) is 0.137. The first-order chi connectivity index (χ1) is 11.4. The minimum atomic E-state index is -0.758. The van der Waals surface area contributed by atoms with Gasteiger partial charge in [-0.25, -0.2) is 4.79 Å². The van der Waals surface area contributed by atoms with Crippen molar-refractivity contribution in [3.8, 4) is 0 Å². The summed E-state index contributed by atoms with van der Waals surface area (Å²) in [4.78, 5) is 31.8. The third kappa shape index (κ3) is 6.48. The maximum absolute atomic E-state index is 12.3. The summed E-state index contributed by atoms with van der Waals surface area (Å²) < 4.78 is 0. The number of imide groups is 1. The highest BCUT2D eigenvalue weighted by Gasteiger charge is 2.45. The van der Waals surface area contributed by atoms with E-state index in [0.29, 0.717) is 25.9 Å². The molecule has 1 saturated heterocycles. The van der Waals surface area contributed by atoms with Crippen LogP contribution in [0, 0.1) is 0 Å². The largest absolute Gasteiger partial charge is 0.356 e. The van der Waals surface area contributed by atoms with E-state index in [9.17, 15) is 9.59 Å². The molecule has 0 aromatic heterocycles. The van der Waals surface area contributed by atoms with E-state index in [0.717, 1.165) is 25.3 Å². The molecule has 0 aliphatic carbocycles. The number of hydrogen-bond acceptors (Lipinski definition) is 3. The number of halogens is 1. The third-order valence-electron chi connectivity index (χ3n) is 4.37. The van der Waals surface area contributed by atoms with Gasteiger partial charge in [-0.05, 0) is 32.6 Å². The lowest BCUT2D eigenvalue weighted by Gasteiger charge is -2.22. The van der Waals surface area contributed by atoms with Crippen LogP contribution in [0.15, 0.2) is 17.6 Å². The van der Waals surface area contributed by atoms with Crippen LogP contribution in [-0.4, -0.2) is 67.0 Å². The maximum Gasteiger partial charge on any atom is 0.325 e. The van der Waals surface area contributed by atoms with Crippen LogP contribution in [-0.2, 0) is 4.79 Å². The van der Waals surface area contributed by atoms with Gasteiger partial charge in [0, 0.05) is 33.7 Å². The molecule has 144 valence electrons. The lowest BCUT2D eigenvalue weighted by atomic mass is 9.99. The van der Waals surface area contributed by atoms with E-state index >= 15 is 0 Å². The van der Waals surface area contributed by atoms with Crippen LogP contribution in [0.2, 0.25) is 0 Å². The maximum atomic E-state index is 12.3. The second-order valence-electron chi connectivity index (χ2n) is 6.25. The standard InChI is InChI=1S/C17H31N5O2.HI/c1-6-8-9-12-21(5)15(18-4)19-11-10-13-22-14(23)17(3,7-2)20-16(22)24;/h6H,1,7-13H2,2-5H3,(H,18,19)(H,20,24);1H. The van der Waals surface area contributed by atoms with Crippen molar-refractivity contribution in [2.45, 2.75) is 45.1 Å². The molecule has 2 N–H and O–H groups in total. The summed E-state index contributed by atoms with van der Waals surface area (Å²) in [6.07, 6.45) is 5.18. The van der Waals surface area contributed by atoms with Crippen LogP contribution in [0.4, 0.5) is 4.79 Å². The zero-order valence-corrected chi connectivity index (χ0v) is 18.1. The SMILES string of the molecule is C=CCCCN(C)C(=NC)NCCCN1C(=O)NC(C)(CC)C1=O.I. The van der Waals surface area contributed by atoms with Gasteiger partial charge in [0.25, 0.3) is 5.91 Å². The molecular weight excluding hydrogens is 433 g/mol. The summed E-state index contributed by atoms with van der Waals surface area (Å²) in [5.74, 6) is 0.676. The molecule has 3 amide bonds. The van der Waals surface area contributed by atoms with Gasteiger partial charge in [0.05, 0.1) is 0 Å². The molecule has 1 atom stereocenters. The fourth-order valence-electron chi connectivity index (χ4n) is 2.59. The van der Waals surface area contributed by atoms with Crippen molar-refractivity contribution in [3.05, 3.63) is 12.7 Å². The number of unbranched alkanes of at least 4 members (excludes halogenated alkanes) is 1. The van der Waals surface area contributed by atoms with Crippen molar-refractivity contribution >= 4 is 41.9 Å². The summed E-state index contributed by atoms with van der Waals surface area (Å²) in [5, 5.41) is 6.03. The first-order valence-electron chi connectivity index (χ1n) is 8.56. The number of hydrogen-bond donors (Lipinski definition) is 2. The van der Waals surface area contributed by atoms with E-state index in [1.165, 1.54) is 4.90 Å². The molecule has 0 aromatic carbocycles. The predicted molar refractivity (Wildman–Crippen MR) is 112 cm³/mol. The monoisotopic (exact) mass is 465 g/mol. The molecule has 1 rings (SSSR count). The second-order valence-corrected chi connectivity index (χ2v) is 6.25. The Bertz CT molecular complexity index is 497. The Morgan fingerprint density at radius 3 is 2.64 bits per heavy atom. The first-order valence-corrected chi connectivity index (χ1v) is 8.56. The molecule has 1 heterocycles. The van der Waals surface area contributed by atoms with Crippen LogP contribution < -0.4 is 10.6 Å². The summed E-state index contributed by atoms with van der Waals surface area (Å²) >= 11 is 0. The number of allylic oxidation sites excluding steroid dienone is 1. The molecule has 0 aromatic rings.